The number of carbonyl (C=O) groups excluding carboxylic acids is 2. The van der Waals surface area contributed by atoms with E-state index in [-0.39, 0.29) is 35.6 Å². The molecular formula is C12H20N2O3S. The fraction of sp³-hybridized carbons (Fsp3) is 0.833. The van der Waals surface area contributed by atoms with Crippen molar-refractivity contribution in [2.75, 3.05) is 32.0 Å². The minimum Gasteiger partial charge on any atom is -0.396 e. The zero-order chi connectivity index (χ0) is 13.3. The first kappa shape index (κ1) is 13.7. The zero-order valence-corrected chi connectivity index (χ0v) is 11.7. The highest BCUT2D eigenvalue weighted by Gasteiger charge is 2.54. The number of hydrogen-bond donors (Lipinski definition) is 1. The summed E-state index contributed by atoms with van der Waals surface area (Å²) in [5.41, 5.74) is 0. The molecule has 0 radical (unpaired) electrons. The standard InChI is InChI=1S/C12H20N2O3S/c1-9(2)11(17)14-4-6-18-12(14)7-13(8-12)10(16)3-5-15/h9,15H,3-8H2,1-2H3. The molecule has 2 rings (SSSR count). The van der Waals surface area contributed by atoms with Crippen LogP contribution in [0.3, 0.4) is 0 Å². The van der Waals surface area contributed by atoms with Gasteiger partial charge in [-0.1, -0.05) is 13.8 Å². The molecule has 0 saturated carbocycles. The predicted octanol–water partition coefficient (Wildman–Crippen LogP) is 0.139. The third-order valence-corrected chi connectivity index (χ3v) is 4.89. The lowest BCUT2D eigenvalue weighted by Crippen LogP contribution is -2.68. The number of thioether (sulfide) groups is 1. The van der Waals surface area contributed by atoms with Crippen LogP contribution in [0.1, 0.15) is 20.3 Å². The zero-order valence-electron chi connectivity index (χ0n) is 10.9. The van der Waals surface area contributed by atoms with E-state index in [2.05, 4.69) is 0 Å². The molecule has 5 nitrogen and oxygen atoms in total. The molecule has 0 aromatic rings. The smallest absolute Gasteiger partial charge is 0.226 e. The first-order valence-corrected chi connectivity index (χ1v) is 7.33. The van der Waals surface area contributed by atoms with Crippen molar-refractivity contribution < 1.29 is 14.7 Å². The molecule has 1 spiro atoms. The molecule has 102 valence electrons. The SMILES string of the molecule is CC(C)C(=O)N1CCSC12CN(C(=O)CCO)C2. The fourth-order valence-electron chi connectivity index (χ4n) is 2.47. The van der Waals surface area contributed by atoms with Gasteiger partial charge in [-0.2, -0.15) is 0 Å². The van der Waals surface area contributed by atoms with Crippen molar-refractivity contribution in [2.24, 2.45) is 5.92 Å². The molecule has 2 aliphatic heterocycles. The van der Waals surface area contributed by atoms with Crippen LogP contribution in [0.25, 0.3) is 0 Å². The van der Waals surface area contributed by atoms with Gasteiger partial charge >= 0.3 is 0 Å². The largest absolute Gasteiger partial charge is 0.396 e. The maximum absolute atomic E-state index is 12.1. The van der Waals surface area contributed by atoms with Gasteiger partial charge in [-0.15, -0.1) is 11.8 Å². The molecule has 0 unspecified atom stereocenters. The minimum atomic E-state index is -0.188. The predicted molar refractivity (Wildman–Crippen MR) is 70.0 cm³/mol. The van der Waals surface area contributed by atoms with E-state index in [9.17, 15) is 9.59 Å². The first-order chi connectivity index (χ1) is 8.50. The number of carbonyl (C=O) groups is 2. The van der Waals surface area contributed by atoms with E-state index in [4.69, 9.17) is 5.11 Å². The van der Waals surface area contributed by atoms with E-state index in [1.54, 1.807) is 16.7 Å². The molecule has 2 fully saturated rings. The number of aliphatic hydroxyl groups excluding tert-OH is 1. The van der Waals surface area contributed by atoms with Gasteiger partial charge in [0, 0.05) is 24.6 Å². The Morgan fingerprint density at radius 1 is 1.39 bits per heavy atom. The Morgan fingerprint density at radius 3 is 2.61 bits per heavy atom. The van der Waals surface area contributed by atoms with Gasteiger partial charge in [0.05, 0.1) is 19.7 Å². The second-order valence-corrected chi connectivity index (χ2v) is 6.62. The summed E-state index contributed by atoms with van der Waals surface area (Å²) in [5, 5.41) is 8.76. The molecule has 0 aromatic heterocycles. The van der Waals surface area contributed by atoms with Gasteiger partial charge in [0.1, 0.15) is 4.87 Å². The lowest BCUT2D eigenvalue weighted by Gasteiger charge is -2.52. The quantitative estimate of drug-likeness (QED) is 0.794. The maximum atomic E-state index is 12.1. The van der Waals surface area contributed by atoms with Gasteiger partial charge in [0.2, 0.25) is 11.8 Å². The number of aliphatic hydroxyl groups is 1. The molecule has 0 aromatic carbocycles. The molecule has 0 atom stereocenters. The number of amides is 2. The average Bonchev–Trinajstić information content (AvgIpc) is 2.70. The van der Waals surface area contributed by atoms with Crippen molar-refractivity contribution in [1.29, 1.82) is 0 Å². The number of nitrogens with zero attached hydrogens (tertiary/aromatic N) is 2. The topological polar surface area (TPSA) is 60.9 Å². The highest BCUT2D eigenvalue weighted by molar-refractivity contribution is 8.01. The minimum absolute atomic E-state index is 0.00256. The summed E-state index contributed by atoms with van der Waals surface area (Å²) >= 11 is 1.77. The average molecular weight is 272 g/mol. The van der Waals surface area contributed by atoms with Crippen LogP contribution in [0.2, 0.25) is 0 Å². The molecule has 2 heterocycles. The summed E-state index contributed by atoms with van der Waals surface area (Å²) in [5.74, 6) is 1.10. The maximum Gasteiger partial charge on any atom is 0.226 e. The molecular weight excluding hydrogens is 252 g/mol. The third-order valence-electron chi connectivity index (χ3n) is 3.49. The van der Waals surface area contributed by atoms with Gasteiger partial charge in [-0.25, -0.2) is 0 Å². The second kappa shape index (κ2) is 5.09. The van der Waals surface area contributed by atoms with Crippen LogP contribution in [-0.2, 0) is 9.59 Å². The summed E-state index contributed by atoms with van der Waals surface area (Å²) in [6, 6.07) is 0. The van der Waals surface area contributed by atoms with Crippen LogP contribution < -0.4 is 0 Å². The lowest BCUT2D eigenvalue weighted by atomic mass is 10.0. The van der Waals surface area contributed by atoms with Gasteiger partial charge < -0.3 is 14.9 Å². The number of hydrogen-bond acceptors (Lipinski definition) is 4. The normalized spacial score (nSPS) is 21.6. The molecule has 1 N–H and O–H groups in total. The Bertz CT molecular complexity index is 353. The van der Waals surface area contributed by atoms with E-state index in [0.717, 1.165) is 12.3 Å². The van der Waals surface area contributed by atoms with Gasteiger partial charge in [0.15, 0.2) is 0 Å². The monoisotopic (exact) mass is 272 g/mol. The highest BCUT2D eigenvalue weighted by Crippen LogP contribution is 2.43. The molecule has 2 aliphatic rings. The molecule has 0 aliphatic carbocycles. The van der Waals surface area contributed by atoms with Crippen molar-refractivity contribution in [3.8, 4) is 0 Å². The summed E-state index contributed by atoms with van der Waals surface area (Å²) in [7, 11) is 0. The van der Waals surface area contributed by atoms with Gasteiger partial charge in [-0.05, 0) is 0 Å². The molecule has 2 saturated heterocycles. The van der Waals surface area contributed by atoms with Crippen LogP contribution in [0.15, 0.2) is 0 Å². The van der Waals surface area contributed by atoms with Crippen LogP contribution in [-0.4, -0.2) is 63.6 Å². The summed E-state index contributed by atoms with van der Waals surface area (Å²) in [6.45, 7) is 5.70. The van der Waals surface area contributed by atoms with Crippen molar-refractivity contribution in [3.05, 3.63) is 0 Å². The Morgan fingerprint density at radius 2 is 2.06 bits per heavy atom. The van der Waals surface area contributed by atoms with Crippen LogP contribution in [0, 0.1) is 5.92 Å². The van der Waals surface area contributed by atoms with Crippen LogP contribution in [0.4, 0.5) is 0 Å². The number of likely N-dealkylation sites (tertiary alicyclic amines) is 1. The lowest BCUT2D eigenvalue weighted by molar-refractivity contribution is -0.150. The summed E-state index contributed by atoms with van der Waals surface area (Å²) in [6.07, 6.45) is 0.179. The molecule has 2 amide bonds. The Balaban J connectivity index is 1.98. The van der Waals surface area contributed by atoms with Crippen LogP contribution >= 0.6 is 11.8 Å². The fourth-order valence-corrected chi connectivity index (χ4v) is 3.96. The van der Waals surface area contributed by atoms with Crippen molar-refractivity contribution in [1.82, 2.24) is 9.80 Å². The van der Waals surface area contributed by atoms with Crippen molar-refractivity contribution in [2.45, 2.75) is 25.1 Å². The van der Waals surface area contributed by atoms with Gasteiger partial charge in [0.25, 0.3) is 0 Å². The van der Waals surface area contributed by atoms with E-state index in [1.807, 2.05) is 18.7 Å². The van der Waals surface area contributed by atoms with E-state index in [0.29, 0.717) is 13.1 Å². The van der Waals surface area contributed by atoms with E-state index >= 15 is 0 Å². The Hall–Kier alpha value is -0.750. The summed E-state index contributed by atoms with van der Waals surface area (Å²) in [4.78, 5) is 27.2. The molecule has 18 heavy (non-hydrogen) atoms. The highest BCUT2D eigenvalue weighted by atomic mass is 32.2. The van der Waals surface area contributed by atoms with Crippen molar-refractivity contribution >= 4 is 23.6 Å². The van der Waals surface area contributed by atoms with Crippen molar-refractivity contribution in [3.63, 3.8) is 0 Å². The van der Waals surface area contributed by atoms with E-state index < -0.39 is 0 Å². The first-order valence-electron chi connectivity index (χ1n) is 6.34. The summed E-state index contributed by atoms with van der Waals surface area (Å²) < 4.78 is 0. The third kappa shape index (κ3) is 2.23. The van der Waals surface area contributed by atoms with Gasteiger partial charge in [-0.3, -0.25) is 9.59 Å². The second-order valence-electron chi connectivity index (χ2n) is 5.16. The van der Waals surface area contributed by atoms with Crippen LogP contribution in [0.5, 0.6) is 0 Å². The molecule has 0 bridgehead atoms. The Kier molecular flexibility index (Phi) is 3.87. The Labute approximate surface area is 112 Å². The van der Waals surface area contributed by atoms with E-state index in [1.165, 1.54) is 0 Å². The molecule has 6 heteroatoms. The number of rotatable bonds is 3.